The summed E-state index contributed by atoms with van der Waals surface area (Å²) in [6, 6.07) is 25.7. The second-order valence-electron chi connectivity index (χ2n) is 7.46. The van der Waals surface area contributed by atoms with E-state index in [1.807, 2.05) is 66.7 Å². The molecule has 1 aliphatic rings. The fourth-order valence-electron chi connectivity index (χ4n) is 3.50. The molecule has 160 valence electrons. The van der Waals surface area contributed by atoms with Crippen molar-refractivity contribution >= 4 is 6.09 Å². The molecule has 0 saturated carbocycles. The molecule has 0 aromatic heterocycles. The minimum Gasteiger partial charge on any atom is -0.489 e. The second kappa shape index (κ2) is 9.20. The Kier molecular flexibility index (Phi) is 6.21. The highest BCUT2D eigenvalue weighted by Gasteiger charge is 2.49. The zero-order valence-corrected chi connectivity index (χ0v) is 17.3. The Bertz CT molecular complexity index is 1010. The number of carbonyl (C=O) groups excluding carboxylic acids is 1. The third-order valence-electron chi connectivity index (χ3n) is 5.39. The Labute approximate surface area is 181 Å². The molecule has 6 nitrogen and oxygen atoms in total. The number of hydrogen-bond donors (Lipinski definition) is 1. The van der Waals surface area contributed by atoms with E-state index in [0.29, 0.717) is 17.9 Å². The van der Waals surface area contributed by atoms with Crippen molar-refractivity contribution in [3.63, 3.8) is 0 Å². The Morgan fingerprint density at radius 1 is 1.00 bits per heavy atom. The summed E-state index contributed by atoms with van der Waals surface area (Å²) >= 11 is 0. The number of amides is 1. The van der Waals surface area contributed by atoms with Crippen LogP contribution in [-0.4, -0.2) is 28.9 Å². The van der Waals surface area contributed by atoms with Crippen molar-refractivity contribution in [2.45, 2.75) is 32.0 Å². The van der Waals surface area contributed by atoms with Gasteiger partial charge in [-0.3, -0.25) is 4.90 Å². The van der Waals surface area contributed by atoms with E-state index < -0.39 is 17.9 Å². The van der Waals surface area contributed by atoms with Gasteiger partial charge in [0, 0.05) is 5.56 Å². The van der Waals surface area contributed by atoms with Crippen LogP contribution in [0.4, 0.5) is 4.79 Å². The molecule has 1 unspecified atom stereocenters. The van der Waals surface area contributed by atoms with Crippen LogP contribution in [0.2, 0.25) is 0 Å². The summed E-state index contributed by atoms with van der Waals surface area (Å²) in [5.74, 6) is -1.05. The standard InChI is InChI=1S/C25H25NO5/c1-19-25(28,31-18-26(19)24(27)30-17-21-11-6-3-7-12-21)22-13-8-14-23(15-22)29-16-20-9-4-2-5-10-20/h2-15,19,28H,16-18H2,1H3/t19-,25?/m1/s1. The zero-order chi connectivity index (χ0) is 21.7. The number of nitrogens with zero attached hydrogens (tertiary/aromatic N) is 1. The minimum absolute atomic E-state index is 0.0691. The van der Waals surface area contributed by atoms with Gasteiger partial charge in [0.1, 0.15) is 25.7 Å². The molecular weight excluding hydrogens is 394 g/mol. The van der Waals surface area contributed by atoms with Gasteiger partial charge in [0.2, 0.25) is 5.79 Å². The first-order chi connectivity index (χ1) is 15.1. The molecule has 0 spiro atoms. The van der Waals surface area contributed by atoms with E-state index in [0.717, 1.165) is 11.1 Å². The van der Waals surface area contributed by atoms with Gasteiger partial charge in [-0.25, -0.2) is 4.79 Å². The van der Waals surface area contributed by atoms with Gasteiger partial charge in [-0.15, -0.1) is 0 Å². The fourth-order valence-corrected chi connectivity index (χ4v) is 3.50. The van der Waals surface area contributed by atoms with Crippen LogP contribution in [0.5, 0.6) is 5.75 Å². The molecule has 1 aliphatic heterocycles. The lowest BCUT2D eigenvalue weighted by Gasteiger charge is -2.29. The first-order valence-corrected chi connectivity index (χ1v) is 10.2. The van der Waals surface area contributed by atoms with Crippen molar-refractivity contribution in [2.24, 2.45) is 0 Å². The van der Waals surface area contributed by atoms with Crippen LogP contribution in [0.1, 0.15) is 23.6 Å². The Balaban J connectivity index is 1.41. The van der Waals surface area contributed by atoms with E-state index in [1.54, 1.807) is 25.1 Å². The molecule has 3 aromatic carbocycles. The van der Waals surface area contributed by atoms with E-state index in [4.69, 9.17) is 14.2 Å². The van der Waals surface area contributed by atoms with Gasteiger partial charge in [0.05, 0.1) is 6.04 Å². The Hall–Kier alpha value is -3.35. The van der Waals surface area contributed by atoms with Crippen LogP contribution < -0.4 is 4.74 Å². The van der Waals surface area contributed by atoms with Gasteiger partial charge >= 0.3 is 6.09 Å². The molecule has 1 heterocycles. The highest BCUT2D eigenvalue weighted by molar-refractivity contribution is 5.68. The Morgan fingerprint density at radius 3 is 2.32 bits per heavy atom. The molecule has 6 heteroatoms. The number of aliphatic hydroxyl groups is 1. The number of benzene rings is 3. The van der Waals surface area contributed by atoms with E-state index in [9.17, 15) is 9.90 Å². The van der Waals surface area contributed by atoms with Crippen molar-refractivity contribution in [3.8, 4) is 5.75 Å². The van der Waals surface area contributed by atoms with Crippen molar-refractivity contribution in [3.05, 3.63) is 102 Å². The molecule has 1 fully saturated rings. The average molecular weight is 419 g/mol. The number of rotatable bonds is 6. The third-order valence-corrected chi connectivity index (χ3v) is 5.39. The molecule has 0 radical (unpaired) electrons. The van der Waals surface area contributed by atoms with Crippen LogP contribution in [0, 0.1) is 0 Å². The largest absolute Gasteiger partial charge is 0.489 e. The highest BCUT2D eigenvalue weighted by Crippen LogP contribution is 2.37. The van der Waals surface area contributed by atoms with Crippen molar-refractivity contribution in [1.82, 2.24) is 4.90 Å². The SMILES string of the molecule is C[C@H]1N(C(=O)OCc2ccccc2)COC1(O)c1cccc(OCc2ccccc2)c1. The van der Waals surface area contributed by atoms with E-state index in [2.05, 4.69) is 0 Å². The third kappa shape index (κ3) is 4.71. The number of carbonyl (C=O) groups is 1. The van der Waals surface area contributed by atoms with Crippen LogP contribution in [0.15, 0.2) is 84.9 Å². The molecule has 0 bridgehead atoms. The number of ether oxygens (including phenoxy) is 3. The maximum absolute atomic E-state index is 12.6. The van der Waals surface area contributed by atoms with Crippen molar-refractivity contribution in [2.75, 3.05) is 6.73 Å². The molecule has 1 N–H and O–H groups in total. The predicted octanol–water partition coefficient (Wildman–Crippen LogP) is 4.43. The average Bonchev–Trinajstić information content (AvgIpc) is 3.13. The summed E-state index contributed by atoms with van der Waals surface area (Å²) in [4.78, 5) is 13.9. The van der Waals surface area contributed by atoms with Crippen LogP contribution in [0.25, 0.3) is 0 Å². The van der Waals surface area contributed by atoms with Gasteiger partial charge < -0.3 is 19.3 Å². The van der Waals surface area contributed by atoms with E-state index >= 15 is 0 Å². The molecule has 0 aliphatic carbocycles. The minimum atomic E-state index is -1.65. The quantitative estimate of drug-likeness (QED) is 0.640. The smallest absolute Gasteiger partial charge is 0.412 e. The summed E-state index contributed by atoms with van der Waals surface area (Å²) < 4.78 is 16.9. The van der Waals surface area contributed by atoms with Crippen LogP contribution in [0.3, 0.4) is 0 Å². The lowest BCUT2D eigenvalue weighted by molar-refractivity contribution is -0.185. The summed E-state index contributed by atoms with van der Waals surface area (Å²) in [5, 5.41) is 11.2. The fraction of sp³-hybridized carbons (Fsp3) is 0.240. The first-order valence-electron chi connectivity index (χ1n) is 10.2. The molecule has 3 aromatic rings. The van der Waals surface area contributed by atoms with Gasteiger partial charge in [0.15, 0.2) is 0 Å². The van der Waals surface area contributed by atoms with Gasteiger partial charge in [-0.05, 0) is 30.2 Å². The van der Waals surface area contributed by atoms with Crippen molar-refractivity contribution < 1.29 is 24.1 Å². The lowest BCUT2D eigenvalue weighted by atomic mass is 9.99. The molecule has 1 amide bonds. The summed E-state index contributed by atoms with van der Waals surface area (Å²) in [7, 11) is 0. The molecule has 2 atom stereocenters. The highest BCUT2D eigenvalue weighted by atomic mass is 16.7. The van der Waals surface area contributed by atoms with Crippen LogP contribution in [-0.2, 0) is 28.5 Å². The topological polar surface area (TPSA) is 68.2 Å². The van der Waals surface area contributed by atoms with Crippen LogP contribution >= 0.6 is 0 Å². The molecular formula is C25H25NO5. The zero-order valence-electron chi connectivity index (χ0n) is 17.3. The lowest BCUT2D eigenvalue weighted by Crippen LogP contribution is -2.43. The van der Waals surface area contributed by atoms with Gasteiger partial charge in [-0.1, -0.05) is 72.8 Å². The normalized spacial score (nSPS) is 20.5. The summed E-state index contributed by atoms with van der Waals surface area (Å²) in [6.07, 6.45) is -0.538. The van der Waals surface area contributed by atoms with Gasteiger partial charge in [-0.2, -0.15) is 0 Å². The van der Waals surface area contributed by atoms with Crippen molar-refractivity contribution in [1.29, 1.82) is 0 Å². The number of hydrogen-bond acceptors (Lipinski definition) is 5. The molecule has 1 saturated heterocycles. The maximum atomic E-state index is 12.6. The first kappa shape index (κ1) is 20.9. The monoisotopic (exact) mass is 419 g/mol. The second-order valence-corrected chi connectivity index (χ2v) is 7.46. The van der Waals surface area contributed by atoms with E-state index in [1.165, 1.54) is 4.90 Å². The molecule has 4 rings (SSSR count). The predicted molar refractivity (Wildman–Crippen MR) is 115 cm³/mol. The van der Waals surface area contributed by atoms with Gasteiger partial charge in [0.25, 0.3) is 0 Å². The summed E-state index contributed by atoms with van der Waals surface area (Å²) in [6.45, 7) is 2.23. The maximum Gasteiger partial charge on any atom is 0.412 e. The Morgan fingerprint density at radius 2 is 1.65 bits per heavy atom. The van der Waals surface area contributed by atoms with E-state index in [-0.39, 0.29) is 13.3 Å². The summed E-state index contributed by atoms with van der Waals surface area (Å²) in [5.41, 5.74) is 2.45. The molecule has 31 heavy (non-hydrogen) atoms.